The largest absolute Gasteiger partial charge is 0.481 e. The molecule has 0 aromatic heterocycles. The molecule has 2 aliphatic rings. The van der Waals surface area contributed by atoms with Gasteiger partial charge < -0.3 is 29.1 Å². The van der Waals surface area contributed by atoms with Gasteiger partial charge >= 0.3 is 24.1 Å². The van der Waals surface area contributed by atoms with Crippen LogP contribution in [-0.2, 0) is 36.6 Å². The van der Waals surface area contributed by atoms with Gasteiger partial charge in [0, 0.05) is 36.2 Å². The fraction of sp³-hybridized carbons (Fsp3) is 0.568. The van der Waals surface area contributed by atoms with Gasteiger partial charge in [-0.3, -0.25) is 9.59 Å². The van der Waals surface area contributed by atoms with Crippen molar-refractivity contribution < 1.29 is 38.5 Å². The Kier molecular flexibility index (Phi) is 13.4. The van der Waals surface area contributed by atoms with Crippen LogP contribution in [0.1, 0.15) is 78.4 Å². The van der Waals surface area contributed by atoms with Crippen LogP contribution in [0.5, 0.6) is 0 Å². The molecule has 0 saturated carbocycles. The molecule has 10 nitrogen and oxygen atoms in total. The molecule has 2 aliphatic heterocycles. The van der Waals surface area contributed by atoms with Crippen LogP contribution in [0.15, 0.2) is 48.5 Å². The Hall–Kier alpha value is -3.50. The number of aliphatic carboxylic acids is 1. The van der Waals surface area contributed by atoms with Crippen LogP contribution in [-0.4, -0.2) is 83.5 Å². The molecule has 0 aliphatic carbocycles. The van der Waals surface area contributed by atoms with Gasteiger partial charge in [-0.15, -0.1) is 0 Å². The topological polar surface area (TPSA) is 123 Å². The second-order valence-corrected chi connectivity index (χ2v) is 15.8. The maximum atomic E-state index is 12.5. The third kappa shape index (κ3) is 11.8. The van der Waals surface area contributed by atoms with Crippen LogP contribution in [0.25, 0.3) is 0 Å². The summed E-state index contributed by atoms with van der Waals surface area (Å²) in [5, 5.41) is 11.0. The number of hydrogen-bond donors (Lipinski definition) is 1. The Bertz CT molecular complexity index is 1430. The molecule has 0 unspecified atom stereocenters. The number of rotatable bonds is 6. The van der Waals surface area contributed by atoms with Crippen molar-refractivity contribution in [3.63, 3.8) is 0 Å². The molecule has 2 heterocycles. The zero-order valence-corrected chi connectivity index (χ0v) is 31.2. The molecule has 12 heteroatoms. The number of piperidine rings is 2. The van der Waals surface area contributed by atoms with Gasteiger partial charge in [0.05, 0.1) is 17.9 Å². The summed E-state index contributed by atoms with van der Waals surface area (Å²) in [6, 6.07) is 14.7. The van der Waals surface area contributed by atoms with Gasteiger partial charge in [0.15, 0.2) is 0 Å². The van der Waals surface area contributed by atoms with E-state index in [4.69, 9.17) is 37.4 Å². The van der Waals surface area contributed by atoms with Crippen LogP contribution in [0.2, 0.25) is 10.0 Å². The lowest BCUT2D eigenvalue weighted by Gasteiger charge is -2.40. The van der Waals surface area contributed by atoms with Crippen LogP contribution < -0.4 is 0 Å². The van der Waals surface area contributed by atoms with Crippen LogP contribution in [0, 0.1) is 10.8 Å². The normalized spacial score (nSPS) is 17.2. The lowest BCUT2D eigenvalue weighted by Crippen LogP contribution is -2.49. The number of carbonyl (C=O) groups excluding carboxylic acids is 3. The van der Waals surface area contributed by atoms with E-state index in [-0.39, 0.29) is 18.2 Å². The Morgan fingerprint density at radius 1 is 0.653 bits per heavy atom. The SMILES string of the molecule is CC(C)(C)OC(=O)N1CCC(Cc2ccc(Cl)cc2)(C(=O)O)CC1.COC(=O)C1(Cc2ccc(Cl)cc2)CCN(C(=O)OC(C)(C)C)CC1. The first kappa shape index (κ1) is 39.9. The minimum atomic E-state index is -0.855. The number of carbonyl (C=O) groups is 4. The quantitative estimate of drug-likeness (QED) is 0.235. The lowest BCUT2D eigenvalue weighted by atomic mass is 9.74. The number of nitrogens with zero attached hydrogens (tertiary/aromatic N) is 2. The number of likely N-dealkylation sites (tertiary alicyclic amines) is 2. The van der Waals surface area contributed by atoms with Crippen LogP contribution in [0.3, 0.4) is 0 Å². The first-order valence-corrected chi connectivity index (χ1v) is 17.3. The molecular weight excluding hydrogens is 671 g/mol. The standard InChI is InChI=1S/C19H26ClNO4.C18H24ClNO4/c1-18(2,3)25-17(23)21-11-9-19(10-12-21,16(22)24-4)13-14-5-7-15(20)8-6-14;1-17(2,3)24-16(23)20-10-8-18(9-11-20,15(21)22)12-13-4-6-14(19)7-5-13/h5-8H,9-13H2,1-4H3;4-7H,8-12H2,1-3H3,(H,21,22). The molecule has 2 saturated heterocycles. The smallest absolute Gasteiger partial charge is 0.410 e. The van der Waals surface area contributed by atoms with Crippen molar-refractivity contribution >= 4 is 47.3 Å². The summed E-state index contributed by atoms with van der Waals surface area (Å²) in [4.78, 5) is 52.0. The van der Waals surface area contributed by atoms with Crippen molar-refractivity contribution in [3.8, 4) is 0 Å². The van der Waals surface area contributed by atoms with E-state index in [2.05, 4.69) is 0 Å². The van der Waals surface area contributed by atoms with E-state index in [1.807, 2.05) is 77.9 Å². The molecule has 0 radical (unpaired) electrons. The number of benzene rings is 2. The highest BCUT2D eigenvalue weighted by Crippen LogP contribution is 2.38. The third-order valence-electron chi connectivity index (χ3n) is 8.73. The van der Waals surface area contributed by atoms with Crippen molar-refractivity contribution in [2.24, 2.45) is 10.8 Å². The number of methoxy groups -OCH3 is 1. The van der Waals surface area contributed by atoms with Crippen LogP contribution >= 0.6 is 23.2 Å². The van der Waals surface area contributed by atoms with E-state index in [1.165, 1.54) is 7.11 Å². The van der Waals surface area contributed by atoms with E-state index in [0.29, 0.717) is 74.7 Å². The summed E-state index contributed by atoms with van der Waals surface area (Å²) in [5.74, 6) is -1.05. The molecule has 2 amide bonds. The summed E-state index contributed by atoms with van der Waals surface area (Å²) in [5.41, 5.74) is -0.597. The minimum Gasteiger partial charge on any atom is -0.481 e. The number of carboxylic acid groups (broad SMARTS) is 1. The monoisotopic (exact) mass is 720 g/mol. The van der Waals surface area contributed by atoms with Crippen molar-refractivity contribution in [2.75, 3.05) is 33.3 Å². The summed E-state index contributed by atoms with van der Waals surface area (Å²) < 4.78 is 15.8. The van der Waals surface area contributed by atoms with E-state index in [0.717, 1.165) is 11.1 Å². The molecular formula is C37H50Cl2N2O8. The number of carboxylic acids is 1. The predicted molar refractivity (Wildman–Crippen MR) is 189 cm³/mol. The Balaban J connectivity index is 0.000000266. The fourth-order valence-corrected chi connectivity index (χ4v) is 6.26. The van der Waals surface area contributed by atoms with Crippen molar-refractivity contribution in [1.29, 1.82) is 0 Å². The maximum Gasteiger partial charge on any atom is 0.410 e. The minimum absolute atomic E-state index is 0.230. The summed E-state index contributed by atoms with van der Waals surface area (Å²) >= 11 is 11.8. The summed E-state index contributed by atoms with van der Waals surface area (Å²) in [6.07, 6.45) is 2.18. The van der Waals surface area contributed by atoms with Gasteiger partial charge in [-0.2, -0.15) is 0 Å². The molecule has 2 aromatic carbocycles. The average molecular weight is 722 g/mol. The number of hydrogen-bond acceptors (Lipinski definition) is 7. The molecule has 0 spiro atoms. The van der Waals surface area contributed by atoms with Gasteiger partial charge in [-0.25, -0.2) is 9.59 Å². The first-order valence-electron chi connectivity index (χ1n) is 16.5. The van der Waals surface area contributed by atoms with E-state index in [9.17, 15) is 24.3 Å². The molecule has 49 heavy (non-hydrogen) atoms. The van der Waals surface area contributed by atoms with Crippen LogP contribution in [0.4, 0.5) is 9.59 Å². The number of ether oxygens (including phenoxy) is 3. The van der Waals surface area contributed by atoms with Gasteiger partial charge in [0.25, 0.3) is 0 Å². The Labute approximate surface area is 300 Å². The third-order valence-corrected chi connectivity index (χ3v) is 9.23. The van der Waals surface area contributed by atoms with Gasteiger partial charge in [-0.05, 0) is 115 Å². The predicted octanol–water partition coefficient (Wildman–Crippen LogP) is 8.06. The zero-order valence-electron chi connectivity index (χ0n) is 29.6. The first-order chi connectivity index (χ1) is 22.8. The molecule has 0 bridgehead atoms. The molecule has 4 rings (SSSR count). The highest BCUT2D eigenvalue weighted by atomic mass is 35.5. The zero-order chi connectivity index (χ0) is 36.6. The van der Waals surface area contributed by atoms with Gasteiger partial charge in [0.2, 0.25) is 0 Å². The summed E-state index contributed by atoms with van der Waals surface area (Å²) in [7, 11) is 1.41. The van der Waals surface area contributed by atoms with Gasteiger partial charge in [0.1, 0.15) is 11.2 Å². The molecule has 2 aromatic rings. The number of amides is 2. The number of halogens is 2. The Morgan fingerprint density at radius 3 is 1.29 bits per heavy atom. The molecule has 270 valence electrons. The highest BCUT2D eigenvalue weighted by molar-refractivity contribution is 6.30. The molecule has 1 N–H and O–H groups in total. The van der Waals surface area contributed by atoms with E-state index < -0.39 is 28.0 Å². The van der Waals surface area contributed by atoms with Gasteiger partial charge in [-0.1, -0.05) is 47.5 Å². The molecule has 0 atom stereocenters. The molecule has 2 fully saturated rings. The van der Waals surface area contributed by atoms with Crippen molar-refractivity contribution in [3.05, 3.63) is 69.7 Å². The highest BCUT2D eigenvalue weighted by Gasteiger charge is 2.45. The van der Waals surface area contributed by atoms with Crippen molar-refractivity contribution in [1.82, 2.24) is 9.80 Å². The second-order valence-electron chi connectivity index (χ2n) is 14.9. The van der Waals surface area contributed by atoms with E-state index >= 15 is 0 Å². The summed E-state index contributed by atoms with van der Waals surface area (Å²) in [6.45, 7) is 12.7. The Morgan fingerprint density at radius 2 is 0.980 bits per heavy atom. The lowest BCUT2D eigenvalue weighted by molar-refractivity contribution is -0.156. The van der Waals surface area contributed by atoms with Crippen molar-refractivity contribution in [2.45, 2.75) is 91.3 Å². The number of esters is 1. The fourth-order valence-electron chi connectivity index (χ4n) is 6.01. The van der Waals surface area contributed by atoms with E-state index in [1.54, 1.807) is 21.9 Å². The average Bonchev–Trinajstić information content (AvgIpc) is 3.02. The maximum absolute atomic E-state index is 12.5. The second kappa shape index (κ2) is 16.5.